The van der Waals surface area contributed by atoms with Crippen molar-refractivity contribution in [2.45, 2.75) is 19.6 Å². The first kappa shape index (κ1) is 10.3. The summed E-state index contributed by atoms with van der Waals surface area (Å²) < 4.78 is 10.7. The van der Waals surface area contributed by atoms with E-state index in [1.165, 1.54) is 0 Å². The van der Waals surface area contributed by atoms with E-state index in [9.17, 15) is 0 Å². The van der Waals surface area contributed by atoms with E-state index in [1.54, 1.807) is 0 Å². The van der Waals surface area contributed by atoms with Crippen molar-refractivity contribution in [3.05, 3.63) is 17.5 Å². The molecule has 15 heavy (non-hydrogen) atoms. The highest BCUT2D eigenvalue weighted by Gasteiger charge is 2.21. The van der Waals surface area contributed by atoms with Crippen LogP contribution in [0.5, 0.6) is 6.01 Å². The quantitative estimate of drug-likeness (QED) is 0.792. The minimum absolute atomic E-state index is 0.185. The molecule has 1 aromatic rings. The first-order chi connectivity index (χ1) is 7.35. The smallest absolute Gasteiger partial charge is 0.316 e. The number of nitrogens with one attached hydrogen (secondary N) is 1. The summed E-state index contributed by atoms with van der Waals surface area (Å²) in [6.45, 7) is 3.70. The number of ether oxygens (including phenoxy) is 2. The summed E-state index contributed by atoms with van der Waals surface area (Å²) in [6, 6.07) is 0.612. The zero-order chi connectivity index (χ0) is 10.7. The van der Waals surface area contributed by atoms with Crippen molar-refractivity contribution < 1.29 is 9.47 Å². The Morgan fingerprint density at radius 2 is 2.53 bits per heavy atom. The number of fused-ring (bicyclic) bond motifs is 1. The normalized spacial score (nSPS) is 19.7. The van der Waals surface area contributed by atoms with Crippen LogP contribution in [0, 0.1) is 0 Å². The lowest BCUT2D eigenvalue weighted by atomic mass is 10.1. The Morgan fingerprint density at radius 3 is 3.27 bits per heavy atom. The van der Waals surface area contributed by atoms with Crippen LogP contribution in [0.25, 0.3) is 0 Å². The summed E-state index contributed by atoms with van der Waals surface area (Å²) in [5, 5.41) is 3.17. The number of hydrogen-bond acceptors (Lipinski definition) is 5. The van der Waals surface area contributed by atoms with Crippen LogP contribution in [0.4, 0.5) is 0 Å². The largest absolute Gasteiger partial charge is 0.464 e. The molecule has 82 valence electrons. The lowest BCUT2D eigenvalue weighted by Crippen LogP contribution is -2.28. The van der Waals surface area contributed by atoms with Gasteiger partial charge in [0.2, 0.25) is 0 Å². The number of hydrogen-bond donors (Lipinski definition) is 1. The standard InChI is InChI=1S/C10H15N3O2/c1-3-15-10-12-4-7-8(11-2)5-14-6-9(7)13-10/h4,8,11H,3,5-6H2,1-2H3/t8-/m1/s1. The molecule has 5 nitrogen and oxygen atoms in total. The van der Waals surface area contributed by atoms with Crippen molar-refractivity contribution in [2.75, 3.05) is 20.3 Å². The van der Waals surface area contributed by atoms with Gasteiger partial charge in [-0.1, -0.05) is 0 Å². The molecule has 0 fully saturated rings. The predicted octanol–water partition coefficient (Wildman–Crippen LogP) is 0.666. The first-order valence-electron chi connectivity index (χ1n) is 5.08. The first-order valence-corrected chi connectivity index (χ1v) is 5.08. The summed E-state index contributed by atoms with van der Waals surface area (Å²) in [5.74, 6) is 0. The minimum Gasteiger partial charge on any atom is -0.464 e. The van der Waals surface area contributed by atoms with Gasteiger partial charge in [-0.05, 0) is 14.0 Å². The predicted molar refractivity (Wildman–Crippen MR) is 54.7 cm³/mol. The fourth-order valence-electron chi connectivity index (χ4n) is 1.62. The average molecular weight is 209 g/mol. The molecule has 0 radical (unpaired) electrons. The highest BCUT2D eigenvalue weighted by molar-refractivity contribution is 5.24. The Bertz CT molecular complexity index is 343. The number of nitrogens with zero attached hydrogens (tertiary/aromatic N) is 2. The zero-order valence-electron chi connectivity index (χ0n) is 8.99. The molecule has 1 aliphatic rings. The molecule has 0 unspecified atom stereocenters. The SMILES string of the molecule is CCOc1ncc2c(n1)COC[C@H]2NC. The van der Waals surface area contributed by atoms with E-state index < -0.39 is 0 Å². The van der Waals surface area contributed by atoms with Crippen LogP contribution in [0.1, 0.15) is 24.2 Å². The van der Waals surface area contributed by atoms with Crippen LogP contribution in [-0.2, 0) is 11.3 Å². The van der Waals surface area contributed by atoms with Crippen LogP contribution in [0.3, 0.4) is 0 Å². The zero-order valence-corrected chi connectivity index (χ0v) is 8.99. The molecule has 1 N–H and O–H groups in total. The Morgan fingerprint density at radius 1 is 1.67 bits per heavy atom. The van der Waals surface area contributed by atoms with E-state index >= 15 is 0 Å². The van der Waals surface area contributed by atoms with Crippen LogP contribution >= 0.6 is 0 Å². The van der Waals surface area contributed by atoms with E-state index in [1.807, 2.05) is 20.2 Å². The summed E-state index contributed by atoms with van der Waals surface area (Å²) >= 11 is 0. The molecule has 1 aromatic heterocycles. The molecule has 2 rings (SSSR count). The van der Waals surface area contributed by atoms with Crippen LogP contribution < -0.4 is 10.1 Å². The Balaban J connectivity index is 2.27. The van der Waals surface area contributed by atoms with Gasteiger partial charge < -0.3 is 14.8 Å². The number of likely N-dealkylation sites (N-methyl/N-ethyl adjacent to an activating group) is 1. The summed E-state index contributed by atoms with van der Waals surface area (Å²) in [7, 11) is 1.90. The van der Waals surface area contributed by atoms with Crippen molar-refractivity contribution in [1.29, 1.82) is 0 Å². The van der Waals surface area contributed by atoms with Crippen LogP contribution in [-0.4, -0.2) is 30.2 Å². The van der Waals surface area contributed by atoms with Crippen molar-refractivity contribution >= 4 is 0 Å². The monoisotopic (exact) mass is 209 g/mol. The van der Waals surface area contributed by atoms with Crippen molar-refractivity contribution in [3.8, 4) is 6.01 Å². The summed E-state index contributed by atoms with van der Waals surface area (Å²) in [6.07, 6.45) is 1.82. The molecule has 0 spiro atoms. The Hall–Kier alpha value is -1.20. The van der Waals surface area contributed by atoms with Crippen molar-refractivity contribution in [3.63, 3.8) is 0 Å². The molecular weight excluding hydrogens is 194 g/mol. The maximum absolute atomic E-state index is 5.42. The van der Waals surface area contributed by atoms with Crippen molar-refractivity contribution in [2.24, 2.45) is 0 Å². The van der Waals surface area contributed by atoms with E-state index in [0.717, 1.165) is 11.3 Å². The van der Waals surface area contributed by atoms with Gasteiger partial charge in [0.1, 0.15) is 0 Å². The molecule has 0 aliphatic carbocycles. The molecule has 5 heteroatoms. The Labute approximate surface area is 88.8 Å². The third kappa shape index (κ3) is 2.08. The highest BCUT2D eigenvalue weighted by atomic mass is 16.5. The van der Waals surface area contributed by atoms with Gasteiger partial charge in [-0.3, -0.25) is 0 Å². The third-order valence-corrected chi connectivity index (χ3v) is 2.40. The molecule has 0 amide bonds. The second-order valence-corrected chi connectivity index (χ2v) is 3.34. The molecule has 0 saturated heterocycles. The van der Waals surface area contributed by atoms with Crippen LogP contribution in [0.15, 0.2) is 6.20 Å². The number of rotatable bonds is 3. The third-order valence-electron chi connectivity index (χ3n) is 2.40. The fraction of sp³-hybridized carbons (Fsp3) is 0.600. The van der Waals surface area contributed by atoms with E-state index in [4.69, 9.17) is 9.47 Å². The van der Waals surface area contributed by atoms with Gasteiger partial charge in [-0.15, -0.1) is 0 Å². The summed E-state index contributed by atoms with van der Waals surface area (Å²) in [4.78, 5) is 8.45. The van der Waals surface area contributed by atoms with E-state index in [-0.39, 0.29) is 6.04 Å². The minimum atomic E-state index is 0.185. The summed E-state index contributed by atoms with van der Waals surface area (Å²) in [5.41, 5.74) is 2.02. The maximum atomic E-state index is 5.42. The topological polar surface area (TPSA) is 56.3 Å². The van der Waals surface area contributed by atoms with Gasteiger partial charge in [0, 0.05) is 11.8 Å². The molecular formula is C10H15N3O2. The highest BCUT2D eigenvalue weighted by Crippen LogP contribution is 2.23. The Kier molecular flexibility index (Phi) is 3.13. The van der Waals surface area contributed by atoms with Gasteiger partial charge in [0.05, 0.1) is 31.6 Å². The molecule has 0 saturated carbocycles. The maximum Gasteiger partial charge on any atom is 0.316 e. The number of aromatic nitrogens is 2. The fourth-order valence-corrected chi connectivity index (χ4v) is 1.62. The lowest BCUT2D eigenvalue weighted by molar-refractivity contribution is 0.0801. The van der Waals surface area contributed by atoms with Crippen LogP contribution in [0.2, 0.25) is 0 Å². The molecule has 0 aromatic carbocycles. The molecule has 2 heterocycles. The van der Waals surface area contributed by atoms with E-state index in [2.05, 4.69) is 15.3 Å². The van der Waals surface area contributed by atoms with Gasteiger partial charge in [-0.25, -0.2) is 4.98 Å². The van der Waals surface area contributed by atoms with Crippen molar-refractivity contribution in [1.82, 2.24) is 15.3 Å². The van der Waals surface area contributed by atoms with Gasteiger partial charge >= 0.3 is 6.01 Å². The molecule has 1 aliphatic heterocycles. The second-order valence-electron chi connectivity index (χ2n) is 3.34. The average Bonchev–Trinajstić information content (AvgIpc) is 2.28. The van der Waals surface area contributed by atoms with Gasteiger partial charge in [0.25, 0.3) is 0 Å². The lowest BCUT2D eigenvalue weighted by Gasteiger charge is -2.24. The second kappa shape index (κ2) is 4.55. The molecule has 1 atom stereocenters. The molecule has 0 bridgehead atoms. The van der Waals surface area contributed by atoms with E-state index in [0.29, 0.717) is 25.8 Å². The van der Waals surface area contributed by atoms with Gasteiger partial charge in [0.15, 0.2) is 0 Å². The van der Waals surface area contributed by atoms with Gasteiger partial charge in [-0.2, -0.15) is 4.98 Å².